The smallest absolute Gasteiger partial charge is 0.191 e. The molecule has 0 atom stereocenters. The van der Waals surface area contributed by atoms with E-state index in [1.54, 1.807) is 12.1 Å². The van der Waals surface area contributed by atoms with Gasteiger partial charge in [-0.2, -0.15) is 0 Å². The largest absolute Gasteiger partial charge is 0.306 e. The fourth-order valence-electron chi connectivity index (χ4n) is 1.76. The normalized spacial score (nSPS) is 10.9. The van der Waals surface area contributed by atoms with Crippen LogP contribution in [0.1, 0.15) is 24.7 Å². The minimum absolute atomic E-state index is 0.279. The third-order valence-electron chi connectivity index (χ3n) is 2.76. The van der Waals surface area contributed by atoms with Crippen molar-refractivity contribution in [2.75, 3.05) is 0 Å². The minimum Gasteiger partial charge on any atom is -0.306 e. The number of halogens is 2. The fourth-order valence-corrected chi connectivity index (χ4v) is 3.11. The number of aromatic nitrogens is 3. The molecule has 1 aromatic heterocycles. The first-order valence-corrected chi connectivity index (χ1v) is 7.45. The van der Waals surface area contributed by atoms with Gasteiger partial charge in [-0.05, 0) is 25.5 Å². The van der Waals surface area contributed by atoms with Crippen molar-refractivity contribution >= 4 is 23.4 Å². The molecule has 0 fully saturated rings. The summed E-state index contributed by atoms with van der Waals surface area (Å²) in [6.07, 6.45) is 1.01. The van der Waals surface area contributed by atoms with E-state index in [2.05, 4.69) is 17.1 Å². The lowest BCUT2D eigenvalue weighted by Gasteiger charge is -2.08. The highest BCUT2D eigenvalue weighted by molar-refractivity contribution is 7.98. The molecule has 0 saturated carbocycles. The highest BCUT2D eigenvalue weighted by Gasteiger charge is 2.12. The van der Waals surface area contributed by atoms with Crippen LogP contribution < -0.4 is 0 Å². The lowest BCUT2D eigenvalue weighted by molar-refractivity contribution is 0.604. The molecule has 1 aromatic carbocycles. The minimum atomic E-state index is -0.279. The molecule has 0 saturated heterocycles. The Labute approximate surface area is 121 Å². The van der Waals surface area contributed by atoms with Gasteiger partial charge >= 0.3 is 0 Å². The molecule has 2 rings (SSSR count). The zero-order valence-electron chi connectivity index (χ0n) is 10.9. The summed E-state index contributed by atoms with van der Waals surface area (Å²) in [5.41, 5.74) is 0.512. The average molecular weight is 300 g/mol. The van der Waals surface area contributed by atoms with E-state index in [0.29, 0.717) is 16.3 Å². The summed E-state index contributed by atoms with van der Waals surface area (Å²) in [5.74, 6) is 1.05. The summed E-state index contributed by atoms with van der Waals surface area (Å²) >= 11 is 7.46. The van der Waals surface area contributed by atoms with Crippen molar-refractivity contribution in [3.05, 3.63) is 40.4 Å². The number of thioether (sulfide) groups is 1. The summed E-state index contributed by atoms with van der Waals surface area (Å²) in [6.45, 7) is 4.89. The molecule has 0 aliphatic heterocycles. The van der Waals surface area contributed by atoms with Gasteiger partial charge in [0.1, 0.15) is 11.6 Å². The number of benzene rings is 1. The fraction of sp³-hybridized carbons (Fsp3) is 0.385. The molecular formula is C13H15ClFN3S. The van der Waals surface area contributed by atoms with Gasteiger partial charge in [0, 0.05) is 22.9 Å². The van der Waals surface area contributed by atoms with Crippen molar-refractivity contribution in [2.24, 2.45) is 0 Å². The van der Waals surface area contributed by atoms with Crippen LogP contribution in [0.3, 0.4) is 0 Å². The van der Waals surface area contributed by atoms with E-state index in [9.17, 15) is 4.39 Å². The van der Waals surface area contributed by atoms with Crippen LogP contribution >= 0.6 is 23.4 Å². The SMILES string of the molecule is CCCn1c(C)nnc1SCc1c(F)cccc1Cl. The standard InChI is InChI=1S/C13H15ClFN3S/c1-3-7-18-9(2)16-17-13(18)19-8-10-11(14)5-4-6-12(10)15/h4-6H,3,7-8H2,1-2H3. The van der Waals surface area contributed by atoms with E-state index in [0.717, 1.165) is 23.9 Å². The van der Waals surface area contributed by atoms with Crippen LogP contribution in [0.4, 0.5) is 4.39 Å². The molecule has 3 nitrogen and oxygen atoms in total. The molecule has 0 N–H and O–H groups in total. The van der Waals surface area contributed by atoms with Crippen LogP contribution in [0.2, 0.25) is 5.02 Å². The second-order valence-electron chi connectivity index (χ2n) is 4.17. The van der Waals surface area contributed by atoms with Gasteiger partial charge in [-0.3, -0.25) is 0 Å². The highest BCUT2D eigenvalue weighted by Crippen LogP contribution is 2.28. The molecule has 0 aliphatic carbocycles. The number of hydrogen-bond donors (Lipinski definition) is 0. The zero-order valence-corrected chi connectivity index (χ0v) is 12.4. The zero-order chi connectivity index (χ0) is 13.8. The molecule has 6 heteroatoms. The van der Waals surface area contributed by atoms with Gasteiger partial charge in [-0.15, -0.1) is 10.2 Å². The predicted octanol–water partition coefficient (Wildman–Crippen LogP) is 4.08. The second kappa shape index (κ2) is 6.39. The van der Waals surface area contributed by atoms with Gasteiger partial charge in [-0.1, -0.05) is 36.4 Å². The predicted molar refractivity (Wildman–Crippen MR) is 76.0 cm³/mol. The van der Waals surface area contributed by atoms with Crippen LogP contribution in [-0.4, -0.2) is 14.8 Å². The van der Waals surface area contributed by atoms with Crippen LogP contribution in [0, 0.1) is 12.7 Å². The number of hydrogen-bond acceptors (Lipinski definition) is 3. The Bertz CT molecular complexity index is 551. The van der Waals surface area contributed by atoms with Gasteiger partial charge < -0.3 is 4.57 Å². The lowest BCUT2D eigenvalue weighted by atomic mass is 10.2. The van der Waals surface area contributed by atoms with Gasteiger partial charge in [0.25, 0.3) is 0 Å². The van der Waals surface area contributed by atoms with Crippen molar-refractivity contribution in [3.8, 4) is 0 Å². The van der Waals surface area contributed by atoms with Crippen molar-refractivity contribution in [2.45, 2.75) is 37.7 Å². The average Bonchev–Trinajstić information content (AvgIpc) is 2.71. The first-order chi connectivity index (χ1) is 9.13. The molecule has 1 heterocycles. The Hall–Kier alpha value is -1.07. The van der Waals surface area contributed by atoms with E-state index in [4.69, 9.17) is 11.6 Å². The monoisotopic (exact) mass is 299 g/mol. The molecule has 0 amide bonds. The molecule has 2 aromatic rings. The molecule has 102 valence electrons. The topological polar surface area (TPSA) is 30.7 Å². The van der Waals surface area contributed by atoms with Crippen LogP contribution in [-0.2, 0) is 12.3 Å². The maximum atomic E-state index is 13.7. The first kappa shape index (κ1) is 14.3. The molecule has 0 spiro atoms. The van der Waals surface area contributed by atoms with E-state index in [-0.39, 0.29) is 5.82 Å². The Kier molecular flexibility index (Phi) is 4.82. The first-order valence-electron chi connectivity index (χ1n) is 6.09. The van der Waals surface area contributed by atoms with E-state index >= 15 is 0 Å². The summed E-state index contributed by atoms with van der Waals surface area (Å²) in [4.78, 5) is 0. The molecular weight excluding hydrogens is 285 g/mol. The Morgan fingerprint density at radius 1 is 1.37 bits per heavy atom. The molecule has 0 aliphatic rings. The Balaban J connectivity index is 2.15. The van der Waals surface area contributed by atoms with Crippen molar-refractivity contribution in [1.29, 1.82) is 0 Å². The molecule has 0 unspecified atom stereocenters. The van der Waals surface area contributed by atoms with Crippen molar-refractivity contribution in [3.63, 3.8) is 0 Å². The van der Waals surface area contributed by atoms with Gasteiger partial charge in [0.2, 0.25) is 0 Å². The second-order valence-corrected chi connectivity index (χ2v) is 5.52. The summed E-state index contributed by atoms with van der Waals surface area (Å²) in [5, 5.41) is 9.43. The van der Waals surface area contributed by atoms with E-state index in [1.165, 1.54) is 17.8 Å². The van der Waals surface area contributed by atoms with Gasteiger partial charge in [-0.25, -0.2) is 4.39 Å². The van der Waals surface area contributed by atoms with Crippen LogP contribution in [0.5, 0.6) is 0 Å². The third-order valence-corrected chi connectivity index (χ3v) is 4.10. The van der Waals surface area contributed by atoms with E-state index in [1.807, 2.05) is 11.5 Å². The quantitative estimate of drug-likeness (QED) is 0.779. The Morgan fingerprint density at radius 3 is 2.84 bits per heavy atom. The summed E-state index contributed by atoms with van der Waals surface area (Å²) < 4.78 is 15.7. The molecule has 0 bridgehead atoms. The maximum absolute atomic E-state index is 13.7. The number of rotatable bonds is 5. The van der Waals surface area contributed by atoms with Gasteiger partial charge in [0.05, 0.1) is 0 Å². The van der Waals surface area contributed by atoms with Crippen molar-refractivity contribution < 1.29 is 4.39 Å². The molecule has 0 radical (unpaired) electrons. The third kappa shape index (κ3) is 3.28. The lowest BCUT2D eigenvalue weighted by Crippen LogP contribution is -2.01. The van der Waals surface area contributed by atoms with Crippen molar-refractivity contribution in [1.82, 2.24) is 14.8 Å². The molecule has 19 heavy (non-hydrogen) atoms. The number of aryl methyl sites for hydroxylation is 1. The van der Waals surface area contributed by atoms with Gasteiger partial charge in [0.15, 0.2) is 5.16 Å². The van der Waals surface area contributed by atoms with E-state index < -0.39 is 0 Å². The Morgan fingerprint density at radius 2 is 2.16 bits per heavy atom. The van der Waals surface area contributed by atoms with Crippen LogP contribution in [0.25, 0.3) is 0 Å². The maximum Gasteiger partial charge on any atom is 0.191 e. The summed E-state index contributed by atoms with van der Waals surface area (Å²) in [7, 11) is 0. The number of nitrogens with zero attached hydrogens (tertiary/aromatic N) is 3. The highest BCUT2D eigenvalue weighted by atomic mass is 35.5. The van der Waals surface area contributed by atoms with Crippen LogP contribution in [0.15, 0.2) is 23.4 Å². The summed E-state index contributed by atoms with van der Waals surface area (Å²) in [6, 6.07) is 4.72.